The Labute approximate surface area is 243 Å². The average molecular weight is 543 g/mol. The van der Waals surface area contributed by atoms with Gasteiger partial charge in [0, 0.05) is 32.1 Å². The summed E-state index contributed by atoms with van der Waals surface area (Å²) >= 11 is 0. The van der Waals surface area contributed by atoms with E-state index in [0.717, 1.165) is 29.5 Å². The van der Waals surface area contributed by atoms with Crippen molar-refractivity contribution >= 4 is 17.9 Å². The molecule has 4 aromatic rings. The molecule has 5 rings (SSSR count). The molecular weight excluding hydrogens is 504 g/mol. The van der Waals surface area contributed by atoms with Crippen molar-refractivity contribution in [1.29, 1.82) is 0 Å². The first-order chi connectivity index (χ1) is 20.0. The molecule has 0 bridgehead atoms. The Morgan fingerprint density at radius 3 is 2.17 bits per heavy atom. The van der Waals surface area contributed by atoms with Crippen molar-refractivity contribution in [2.75, 3.05) is 6.54 Å². The van der Waals surface area contributed by atoms with Gasteiger partial charge in [0.1, 0.15) is 6.04 Å². The third kappa shape index (κ3) is 7.20. The summed E-state index contributed by atoms with van der Waals surface area (Å²) in [5.74, 6) is -0.178. The average Bonchev–Trinajstić information content (AvgIpc) is 3.02. The number of hydrogen-bond acceptors (Lipinski definition) is 2. The van der Waals surface area contributed by atoms with E-state index < -0.39 is 6.04 Å². The van der Waals surface area contributed by atoms with Gasteiger partial charge in [-0.25, -0.2) is 0 Å². The van der Waals surface area contributed by atoms with E-state index in [9.17, 15) is 9.59 Å². The van der Waals surface area contributed by atoms with Gasteiger partial charge in [0.15, 0.2) is 0 Å². The molecule has 0 aliphatic carbocycles. The Kier molecular flexibility index (Phi) is 9.10. The molecule has 2 amide bonds. The van der Waals surface area contributed by atoms with Gasteiger partial charge in [-0.2, -0.15) is 0 Å². The van der Waals surface area contributed by atoms with Gasteiger partial charge >= 0.3 is 0 Å². The Bertz CT molecular complexity index is 1490. The number of benzene rings is 4. The van der Waals surface area contributed by atoms with Gasteiger partial charge in [-0.05, 0) is 59.2 Å². The number of nitrogens with zero attached hydrogens (tertiary/aromatic N) is 2. The van der Waals surface area contributed by atoms with Gasteiger partial charge in [0.2, 0.25) is 11.8 Å². The van der Waals surface area contributed by atoms with Crippen molar-refractivity contribution in [1.82, 2.24) is 9.80 Å². The van der Waals surface area contributed by atoms with E-state index in [1.165, 1.54) is 22.3 Å². The normalized spacial score (nSPS) is 13.6. The summed E-state index contributed by atoms with van der Waals surface area (Å²) in [6, 6.07) is 34.1. The van der Waals surface area contributed by atoms with Crippen LogP contribution >= 0.6 is 0 Å². The molecule has 0 saturated heterocycles. The Hall–Kier alpha value is -4.44. The third-order valence-electron chi connectivity index (χ3n) is 7.94. The molecule has 41 heavy (non-hydrogen) atoms. The summed E-state index contributed by atoms with van der Waals surface area (Å²) in [6.45, 7) is 5.74. The van der Waals surface area contributed by atoms with Crippen LogP contribution in [0.2, 0.25) is 0 Å². The molecule has 4 aromatic carbocycles. The number of aryl methyl sites for hydroxylation is 2. The molecule has 208 valence electrons. The highest BCUT2D eigenvalue weighted by Gasteiger charge is 2.34. The lowest BCUT2D eigenvalue weighted by Crippen LogP contribution is -2.52. The second-order valence-electron chi connectivity index (χ2n) is 10.9. The van der Waals surface area contributed by atoms with Gasteiger partial charge in [-0.3, -0.25) is 9.59 Å². The molecule has 0 aromatic heterocycles. The summed E-state index contributed by atoms with van der Waals surface area (Å²) in [5.41, 5.74) is 7.88. The predicted molar refractivity (Wildman–Crippen MR) is 166 cm³/mol. The van der Waals surface area contributed by atoms with Gasteiger partial charge in [-0.1, -0.05) is 116 Å². The summed E-state index contributed by atoms with van der Waals surface area (Å²) in [5, 5.41) is 0. The molecule has 1 atom stereocenters. The molecule has 0 fully saturated rings. The highest BCUT2D eigenvalue weighted by atomic mass is 16.2. The lowest BCUT2D eigenvalue weighted by atomic mass is 9.97. The molecule has 1 aliphatic heterocycles. The first-order valence-corrected chi connectivity index (χ1v) is 14.5. The first-order valence-electron chi connectivity index (χ1n) is 14.5. The zero-order valence-corrected chi connectivity index (χ0v) is 24.0. The second kappa shape index (κ2) is 13.3. The van der Waals surface area contributed by atoms with Gasteiger partial charge < -0.3 is 9.80 Å². The van der Waals surface area contributed by atoms with Crippen molar-refractivity contribution in [3.63, 3.8) is 0 Å². The molecule has 4 nitrogen and oxygen atoms in total. The number of hydrogen-bond donors (Lipinski definition) is 0. The van der Waals surface area contributed by atoms with Gasteiger partial charge in [0.05, 0.1) is 0 Å². The van der Waals surface area contributed by atoms with Crippen LogP contribution in [-0.2, 0) is 41.9 Å². The maximum absolute atomic E-state index is 14.4. The fourth-order valence-corrected chi connectivity index (χ4v) is 5.42. The molecule has 0 radical (unpaired) electrons. The highest BCUT2D eigenvalue weighted by molar-refractivity contribution is 5.95. The zero-order valence-electron chi connectivity index (χ0n) is 24.0. The molecule has 0 spiro atoms. The van der Waals surface area contributed by atoms with Crippen LogP contribution in [0.1, 0.15) is 45.9 Å². The Morgan fingerprint density at radius 1 is 0.805 bits per heavy atom. The van der Waals surface area contributed by atoms with E-state index in [1.54, 1.807) is 11.0 Å². The molecule has 4 heteroatoms. The summed E-state index contributed by atoms with van der Waals surface area (Å²) in [7, 11) is 0. The minimum atomic E-state index is -0.635. The van der Waals surface area contributed by atoms with Crippen LogP contribution in [0.3, 0.4) is 0 Å². The van der Waals surface area contributed by atoms with Crippen LogP contribution in [0.15, 0.2) is 109 Å². The number of carbonyl (C=O) groups excluding carboxylic acids is 2. The van der Waals surface area contributed by atoms with Crippen molar-refractivity contribution < 1.29 is 9.59 Å². The van der Waals surface area contributed by atoms with Crippen LogP contribution in [0.4, 0.5) is 0 Å². The maximum Gasteiger partial charge on any atom is 0.247 e. The molecule has 0 unspecified atom stereocenters. The van der Waals surface area contributed by atoms with E-state index in [-0.39, 0.29) is 11.8 Å². The fourth-order valence-electron chi connectivity index (χ4n) is 5.42. The fraction of sp³-hybridized carbons (Fsp3) is 0.243. The SMILES string of the molecule is CCc1ccc(CN(C(=O)C=Cc2ccc(C)cc2)[C@@H](Cc2ccccc2)C(=O)N2CCc3ccccc3C2)cc1. The van der Waals surface area contributed by atoms with E-state index in [2.05, 4.69) is 49.4 Å². The van der Waals surface area contributed by atoms with E-state index >= 15 is 0 Å². The van der Waals surface area contributed by atoms with Crippen LogP contribution < -0.4 is 0 Å². The zero-order chi connectivity index (χ0) is 28.6. The van der Waals surface area contributed by atoms with E-state index in [1.807, 2.05) is 78.6 Å². The van der Waals surface area contributed by atoms with Crippen molar-refractivity contribution in [3.05, 3.63) is 148 Å². The Morgan fingerprint density at radius 2 is 1.46 bits per heavy atom. The van der Waals surface area contributed by atoms with Crippen molar-refractivity contribution in [3.8, 4) is 0 Å². The summed E-state index contributed by atoms with van der Waals surface area (Å²) < 4.78 is 0. The number of amides is 2. The van der Waals surface area contributed by atoms with E-state index in [4.69, 9.17) is 0 Å². The quantitative estimate of drug-likeness (QED) is 0.218. The van der Waals surface area contributed by atoms with Crippen LogP contribution in [0, 0.1) is 6.92 Å². The topological polar surface area (TPSA) is 40.6 Å². The van der Waals surface area contributed by atoms with E-state index in [0.29, 0.717) is 26.1 Å². The van der Waals surface area contributed by atoms with Crippen LogP contribution in [0.25, 0.3) is 6.08 Å². The minimum Gasteiger partial charge on any atom is -0.336 e. The highest BCUT2D eigenvalue weighted by Crippen LogP contribution is 2.23. The lowest BCUT2D eigenvalue weighted by Gasteiger charge is -2.37. The van der Waals surface area contributed by atoms with Crippen LogP contribution in [0.5, 0.6) is 0 Å². The Balaban J connectivity index is 1.49. The largest absolute Gasteiger partial charge is 0.336 e. The monoisotopic (exact) mass is 542 g/mol. The number of rotatable bonds is 9. The smallest absolute Gasteiger partial charge is 0.247 e. The molecule has 1 heterocycles. The molecule has 0 saturated carbocycles. The summed E-state index contributed by atoms with van der Waals surface area (Å²) in [6.07, 6.45) is 5.68. The van der Waals surface area contributed by atoms with Gasteiger partial charge in [0.25, 0.3) is 0 Å². The van der Waals surface area contributed by atoms with Crippen molar-refractivity contribution in [2.24, 2.45) is 0 Å². The first kappa shape index (κ1) is 28.1. The van der Waals surface area contributed by atoms with Crippen LogP contribution in [-0.4, -0.2) is 34.2 Å². The predicted octanol–water partition coefficient (Wildman–Crippen LogP) is 6.80. The molecule has 1 aliphatic rings. The molecule has 0 N–H and O–H groups in total. The van der Waals surface area contributed by atoms with Crippen molar-refractivity contribution in [2.45, 2.75) is 52.2 Å². The lowest BCUT2D eigenvalue weighted by molar-refractivity contribution is -0.144. The maximum atomic E-state index is 14.4. The number of carbonyl (C=O) groups is 2. The third-order valence-corrected chi connectivity index (χ3v) is 7.94. The number of fused-ring (bicyclic) bond motifs is 1. The standard InChI is InChI=1S/C37H38N2O2/c1-3-29-17-19-32(20-18-29)26-39(36(40)22-21-30-15-13-28(2)14-16-30)35(25-31-9-5-4-6-10-31)37(41)38-24-23-33-11-7-8-12-34(33)27-38/h4-22,35H,3,23-27H2,1-2H3/t35-/m0/s1. The second-order valence-corrected chi connectivity index (χ2v) is 10.9. The minimum absolute atomic E-state index is 0.00868. The van der Waals surface area contributed by atoms with Gasteiger partial charge in [-0.15, -0.1) is 0 Å². The molecular formula is C37H38N2O2. The summed E-state index contributed by atoms with van der Waals surface area (Å²) in [4.78, 5) is 32.1.